The summed E-state index contributed by atoms with van der Waals surface area (Å²) in [5, 5.41) is 0. The summed E-state index contributed by atoms with van der Waals surface area (Å²) < 4.78 is 43.9. The van der Waals surface area contributed by atoms with Crippen molar-refractivity contribution in [2.45, 2.75) is 24.4 Å². The van der Waals surface area contributed by atoms with Gasteiger partial charge in [-0.1, -0.05) is 6.07 Å². The topological polar surface area (TPSA) is 60.8 Å². The number of aromatic nitrogens is 4. The first-order valence-electron chi connectivity index (χ1n) is 8.32. The summed E-state index contributed by atoms with van der Waals surface area (Å²) in [5.74, 6) is 1.04. The number of benzene rings is 1. The monoisotopic (exact) mass is 372 g/mol. The molecule has 0 bridgehead atoms. The van der Waals surface area contributed by atoms with E-state index in [4.69, 9.17) is 4.74 Å². The maximum absolute atomic E-state index is 13.0. The smallest absolute Gasteiger partial charge is 0.419 e. The summed E-state index contributed by atoms with van der Waals surface area (Å²) in [6.45, 7) is 0. The summed E-state index contributed by atoms with van der Waals surface area (Å²) in [4.78, 5) is 16.8. The number of nitrogens with zero attached hydrogens (tertiary/aromatic N) is 4. The molecule has 138 valence electrons. The molecule has 27 heavy (non-hydrogen) atoms. The molecule has 4 rings (SSSR count). The highest BCUT2D eigenvalue weighted by atomic mass is 19.4. The zero-order valence-corrected chi connectivity index (χ0v) is 14.3. The fraction of sp³-hybridized carbons (Fsp3) is 0.263. The molecule has 1 aliphatic carbocycles. The van der Waals surface area contributed by atoms with Crippen molar-refractivity contribution in [3.63, 3.8) is 0 Å². The van der Waals surface area contributed by atoms with Gasteiger partial charge in [-0.3, -0.25) is 0 Å². The van der Waals surface area contributed by atoms with Crippen LogP contribution in [0.2, 0.25) is 0 Å². The molecule has 0 N–H and O–H groups in total. The maximum Gasteiger partial charge on any atom is 0.419 e. The number of hydrogen-bond donors (Lipinski definition) is 0. The first-order valence-corrected chi connectivity index (χ1v) is 8.32. The second-order valence-corrected chi connectivity index (χ2v) is 6.32. The summed E-state index contributed by atoms with van der Waals surface area (Å²) in [6.07, 6.45) is 3.09. The molecule has 0 saturated heterocycles. The molecule has 3 aromatic rings. The van der Waals surface area contributed by atoms with E-state index in [1.165, 1.54) is 19.2 Å². The second kappa shape index (κ2) is 6.61. The van der Waals surface area contributed by atoms with Crippen molar-refractivity contribution in [3.8, 4) is 17.4 Å². The highest BCUT2D eigenvalue weighted by Crippen LogP contribution is 2.55. The molecule has 2 atom stereocenters. The lowest BCUT2D eigenvalue weighted by molar-refractivity contribution is -0.138. The van der Waals surface area contributed by atoms with Gasteiger partial charge in [-0.25, -0.2) is 19.9 Å². The third kappa shape index (κ3) is 3.47. The number of hydrogen-bond acceptors (Lipinski definition) is 5. The number of ether oxygens (including phenoxy) is 1. The fourth-order valence-electron chi connectivity index (χ4n) is 3.16. The molecule has 1 saturated carbocycles. The van der Waals surface area contributed by atoms with Gasteiger partial charge in [0.15, 0.2) is 11.6 Å². The number of alkyl halides is 3. The van der Waals surface area contributed by atoms with Crippen molar-refractivity contribution in [1.82, 2.24) is 19.9 Å². The molecule has 1 fully saturated rings. The van der Waals surface area contributed by atoms with Crippen LogP contribution in [0.5, 0.6) is 5.75 Å². The molecular weight excluding hydrogens is 357 g/mol. The highest BCUT2D eigenvalue weighted by molar-refractivity contribution is 5.46. The molecule has 0 spiro atoms. The van der Waals surface area contributed by atoms with Crippen LogP contribution in [-0.2, 0) is 6.18 Å². The van der Waals surface area contributed by atoms with Gasteiger partial charge in [0, 0.05) is 24.8 Å². The van der Waals surface area contributed by atoms with Crippen molar-refractivity contribution < 1.29 is 17.9 Å². The third-order valence-corrected chi connectivity index (χ3v) is 4.62. The van der Waals surface area contributed by atoms with E-state index in [-0.39, 0.29) is 17.6 Å². The van der Waals surface area contributed by atoms with E-state index in [1.54, 1.807) is 30.9 Å². The second-order valence-electron chi connectivity index (χ2n) is 6.32. The molecule has 2 aromatic heterocycles. The van der Waals surface area contributed by atoms with E-state index in [1.807, 2.05) is 0 Å². The third-order valence-electron chi connectivity index (χ3n) is 4.62. The van der Waals surface area contributed by atoms with Crippen LogP contribution in [-0.4, -0.2) is 27.0 Å². The van der Waals surface area contributed by atoms with E-state index in [0.29, 0.717) is 11.6 Å². The lowest BCUT2D eigenvalue weighted by atomic mass is 10.0. The summed E-state index contributed by atoms with van der Waals surface area (Å²) in [6, 6.07) is 5.78. The van der Waals surface area contributed by atoms with Crippen molar-refractivity contribution in [2.24, 2.45) is 0 Å². The van der Waals surface area contributed by atoms with Crippen LogP contribution in [0.3, 0.4) is 0 Å². The van der Waals surface area contributed by atoms with Gasteiger partial charge in [0.05, 0.1) is 12.7 Å². The molecule has 5 nitrogen and oxygen atoms in total. The Balaban J connectivity index is 1.53. The van der Waals surface area contributed by atoms with Crippen LogP contribution in [0.1, 0.15) is 34.9 Å². The van der Waals surface area contributed by atoms with E-state index in [9.17, 15) is 13.2 Å². The van der Waals surface area contributed by atoms with Crippen molar-refractivity contribution in [1.29, 1.82) is 0 Å². The minimum absolute atomic E-state index is 0.128. The standard InChI is InChI=1S/C19H15F3N4O/c1-27-16-7-11(3-4-15(16)19(20,21)22)13-8-14(13)12-9-25-18(26-10-12)17-23-5-2-6-24-17/h2-7,9-10,13-14H,8H2,1H3. The Kier molecular flexibility index (Phi) is 4.25. The zero-order valence-electron chi connectivity index (χ0n) is 14.3. The van der Waals surface area contributed by atoms with Gasteiger partial charge >= 0.3 is 6.18 Å². The molecule has 0 aliphatic heterocycles. The zero-order chi connectivity index (χ0) is 19.0. The van der Waals surface area contributed by atoms with Crippen molar-refractivity contribution in [2.75, 3.05) is 7.11 Å². The molecule has 0 amide bonds. The van der Waals surface area contributed by atoms with E-state index in [2.05, 4.69) is 19.9 Å². The molecule has 2 heterocycles. The van der Waals surface area contributed by atoms with Crippen LogP contribution in [0, 0.1) is 0 Å². The van der Waals surface area contributed by atoms with Crippen LogP contribution in [0.25, 0.3) is 11.6 Å². The Hall–Kier alpha value is -3.03. The predicted octanol–water partition coefficient (Wildman–Crippen LogP) is 4.23. The first-order chi connectivity index (χ1) is 13.0. The van der Waals surface area contributed by atoms with Gasteiger partial charge in [-0.2, -0.15) is 13.2 Å². The Morgan fingerprint density at radius 2 is 1.56 bits per heavy atom. The fourth-order valence-corrected chi connectivity index (χ4v) is 3.16. The normalized spacial score (nSPS) is 19.0. The summed E-state index contributed by atoms with van der Waals surface area (Å²) in [7, 11) is 1.25. The Morgan fingerprint density at radius 3 is 2.19 bits per heavy atom. The average molecular weight is 372 g/mol. The lowest BCUT2D eigenvalue weighted by Gasteiger charge is -2.13. The minimum atomic E-state index is -4.43. The van der Waals surface area contributed by atoms with E-state index < -0.39 is 11.7 Å². The van der Waals surface area contributed by atoms with Crippen LogP contribution >= 0.6 is 0 Å². The highest BCUT2D eigenvalue weighted by Gasteiger charge is 2.41. The van der Waals surface area contributed by atoms with E-state index >= 15 is 0 Å². The van der Waals surface area contributed by atoms with Crippen molar-refractivity contribution in [3.05, 3.63) is 65.7 Å². The molecular formula is C19H15F3N4O. The molecule has 1 aliphatic rings. The van der Waals surface area contributed by atoms with Crippen LogP contribution < -0.4 is 4.74 Å². The number of methoxy groups -OCH3 is 1. The van der Waals surface area contributed by atoms with Gasteiger partial charge in [0.25, 0.3) is 0 Å². The molecule has 2 unspecified atom stereocenters. The number of halogens is 3. The average Bonchev–Trinajstić information content (AvgIpc) is 3.48. The van der Waals surface area contributed by atoms with Gasteiger partial charge in [0.1, 0.15) is 5.75 Å². The molecule has 0 radical (unpaired) electrons. The van der Waals surface area contributed by atoms with Gasteiger partial charge in [-0.15, -0.1) is 0 Å². The van der Waals surface area contributed by atoms with Crippen LogP contribution in [0.15, 0.2) is 49.1 Å². The van der Waals surface area contributed by atoms with Gasteiger partial charge < -0.3 is 4.74 Å². The predicted molar refractivity (Wildman–Crippen MR) is 91.2 cm³/mol. The van der Waals surface area contributed by atoms with Gasteiger partial charge in [-0.05, 0) is 47.6 Å². The largest absolute Gasteiger partial charge is 0.496 e. The Labute approximate surface area is 153 Å². The quantitative estimate of drug-likeness (QED) is 0.686. The molecule has 8 heteroatoms. The maximum atomic E-state index is 13.0. The van der Waals surface area contributed by atoms with Gasteiger partial charge in [0.2, 0.25) is 0 Å². The SMILES string of the molecule is COc1cc(C2CC2c2cnc(-c3ncccn3)nc2)ccc1C(F)(F)F. The van der Waals surface area contributed by atoms with Crippen LogP contribution in [0.4, 0.5) is 13.2 Å². The van der Waals surface area contributed by atoms with Crippen molar-refractivity contribution >= 4 is 0 Å². The number of rotatable bonds is 4. The first kappa shape index (κ1) is 17.4. The Morgan fingerprint density at radius 1 is 0.926 bits per heavy atom. The lowest BCUT2D eigenvalue weighted by Crippen LogP contribution is -2.07. The minimum Gasteiger partial charge on any atom is -0.496 e. The summed E-state index contributed by atoms with van der Waals surface area (Å²) in [5.41, 5.74) is 1.00. The Bertz CT molecular complexity index is 945. The summed E-state index contributed by atoms with van der Waals surface area (Å²) >= 11 is 0. The van der Waals surface area contributed by atoms with E-state index in [0.717, 1.165) is 23.6 Å². The molecule has 1 aromatic carbocycles.